The molecule has 0 saturated heterocycles. The Bertz CT molecular complexity index is 1280. The van der Waals surface area contributed by atoms with Crippen molar-refractivity contribution in [1.29, 1.82) is 0 Å². The lowest BCUT2D eigenvalue weighted by Gasteiger charge is -2.21. The summed E-state index contributed by atoms with van der Waals surface area (Å²) in [5, 5.41) is 0. The minimum Gasteiger partial charge on any atom is -0.488 e. The number of hydrogen-bond acceptors (Lipinski definition) is 5. The summed E-state index contributed by atoms with van der Waals surface area (Å²) in [4.78, 5) is 24.3. The second kappa shape index (κ2) is 10.5. The van der Waals surface area contributed by atoms with Crippen LogP contribution in [0, 0.1) is 0 Å². The van der Waals surface area contributed by atoms with Crippen molar-refractivity contribution in [3.8, 4) is 39.5 Å². The first kappa shape index (κ1) is 22.8. The Hall–Kier alpha value is -4.38. The van der Waals surface area contributed by atoms with E-state index in [4.69, 9.17) is 14.2 Å². The molecule has 5 heteroatoms. The zero-order chi connectivity index (χ0) is 23.9. The van der Waals surface area contributed by atoms with Gasteiger partial charge >= 0.3 is 11.9 Å². The summed E-state index contributed by atoms with van der Waals surface area (Å²) >= 11 is 0. The Morgan fingerprint density at radius 3 is 1.71 bits per heavy atom. The highest BCUT2D eigenvalue weighted by Gasteiger charge is 2.26. The molecule has 0 radical (unpaired) electrons. The molecule has 0 amide bonds. The van der Waals surface area contributed by atoms with Crippen LogP contribution in [0.2, 0.25) is 0 Å². The van der Waals surface area contributed by atoms with Crippen molar-refractivity contribution < 1.29 is 23.8 Å². The van der Waals surface area contributed by atoms with Gasteiger partial charge in [-0.3, -0.25) is 9.59 Å². The molecule has 4 aromatic rings. The molecule has 0 saturated carbocycles. The minimum absolute atomic E-state index is 0.137. The molecule has 0 spiro atoms. The van der Waals surface area contributed by atoms with Crippen molar-refractivity contribution in [1.82, 2.24) is 0 Å². The maximum atomic E-state index is 12.2. The molecule has 5 nitrogen and oxygen atoms in total. The number of rotatable bonds is 7. The molecule has 4 rings (SSSR count). The Morgan fingerprint density at radius 2 is 1.15 bits per heavy atom. The van der Waals surface area contributed by atoms with Crippen LogP contribution >= 0.6 is 0 Å². The summed E-state index contributed by atoms with van der Waals surface area (Å²) in [6.45, 7) is 2.93. The van der Waals surface area contributed by atoms with Gasteiger partial charge in [0.15, 0.2) is 11.5 Å². The average molecular weight is 453 g/mol. The van der Waals surface area contributed by atoms with Gasteiger partial charge in [-0.25, -0.2) is 0 Å². The van der Waals surface area contributed by atoms with Crippen LogP contribution in [0.4, 0.5) is 0 Å². The molecule has 0 fully saturated rings. The zero-order valence-electron chi connectivity index (χ0n) is 19.0. The van der Waals surface area contributed by atoms with Crippen LogP contribution in [-0.2, 0) is 16.2 Å². The molecule has 0 aliphatic carbocycles. The molecular formula is C29H24O5. The lowest BCUT2D eigenvalue weighted by Crippen LogP contribution is -2.10. The molecule has 0 bridgehead atoms. The maximum Gasteiger partial charge on any atom is 0.308 e. The Kier molecular flexibility index (Phi) is 7.04. The number of benzene rings is 4. The van der Waals surface area contributed by atoms with E-state index in [9.17, 15) is 9.59 Å². The van der Waals surface area contributed by atoms with Crippen molar-refractivity contribution >= 4 is 11.9 Å². The molecular weight excluding hydrogens is 428 g/mol. The van der Waals surface area contributed by atoms with E-state index in [2.05, 4.69) is 0 Å². The van der Waals surface area contributed by atoms with E-state index < -0.39 is 11.9 Å². The van der Waals surface area contributed by atoms with Gasteiger partial charge in [0.05, 0.1) is 5.56 Å². The van der Waals surface area contributed by atoms with E-state index in [1.807, 2.05) is 97.1 Å². The third-order valence-corrected chi connectivity index (χ3v) is 5.08. The van der Waals surface area contributed by atoms with Gasteiger partial charge in [-0.2, -0.15) is 0 Å². The largest absolute Gasteiger partial charge is 0.488 e. The molecule has 0 aliphatic heterocycles. The van der Waals surface area contributed by atoms with E-state index in [0.717, 1.165) is 16.7 Å². The maximum absolute atomic E-state index is 12.2. The van der Waals surface area contributed by atoms with Gasteiger partial charge in [-0.05, 0) is 22.8 Å². The van der Waals surface area contributed by atoms with Crippen molar-refractivity contribution in [3.05, 3.63) is 103 Å². The number of esters is 2. The van der Waals surface area contributed by atoms with Crippen molar-refractivity contribution in [3.63, 3.8) is 0 Å². The topological polar surface area (TPSA) is 61.8 Å². The van der Waals surface area contributed by atoms with Crippen LogP contribution in [0.15, 0.2) is 97.1 Å². The monoisotopic (exact) mass is 452 g/mol. The molecule has 0 atom stereocenters. The van der Waals surface area contributed by atoms with Crippen LogP contribution < -0.4 is 14.2 Å². The predicted molar refractivity (Wildman–Crippen MR) is 131 cm³/mol. The van der Waals surface area contributed by atoms with Crippen LogP contribution in [0.1, 0.15) is 19.4 Å². The van der Waals surface area contributed by atoms with Crippen LogP contribution in [0.3, 0.4) is 0 Å². The van der Waals surface area contributed by atoms with Gasteiger partial charge in [0.2, 0.25) is 0 Å². The highest BCUT2D eigenvalue weighted by Crippen LogP contribution is 2.50. The van der Waals surface area contributed by atoms with Gasteiger partial charge in [-0.15, -0.1) is 0 Å². The fraction of sp³-hybridized carbons (Fsp3) is 0.103. The molecule has 0 unspecified atom stereocenters. The summed E-state index contributed by atoms with van der Waals surface area (Å²) in [7, 11) is 0. The molecule has 0 N–H and O–H groups in total. The van der Waals surface area contributed by atoms with E-state index in [1.165, 1.54) is 13.8 Å². The molecule has 34 heavy (non-hydrogen) atoms. The third-order valence-electron chi connectivity index (χ3n) is 5.08. The SMILES string of the molecule is CC(=O)Oc1c(-c2ccccc2)cc(OCc2ccccc2)c(-c2ccccc2)c1OC(C)=O. The number of carbonyl (C=O) groups excluding carboxylic acids is 2. The average Bonchev–Trinajstić information content (AvgIpc) is 2.85. The molecule has 0 heterocycles. The van der Waals surface area contributed by atoms with Gasteiger partial charge in [0.25, 0.3) is 0 Å². The summed E-state index contributed by atoms with van der Waals surface area (Å²) in [6.07, 6.45) is 0. The molecule has 170 valence electrons. The Morgan fingerprint density at radius 1 is 0.647 bits per heavy atom. The van der Waals surface area contributed by atoms with Crippen LogP contribution in [0.5, 0.6) is 17.2 Å². The summed E-state index contributed by atoms with van der Waals surface area (Å²) in [5.41, 5.74) is 3.64. The zero-order valence-corrected chi connectivity index (χ0v) is 19.0. The number of ether oxygens (including phenoxy) is 3. The standard InChI is InChI=1S/C29H24O5/c1-20(30)33-28-25(23-14-8-4-9-15-23)18-26(32-19-22-12-6-3-7-13-22)27(29(28)34-21(2)31)24-16-10-5-11-17-24/h3-18H,19H2,1-2H3. The molecule has 0 aliphatic rings. The second-order valence-corrected chi connectivity index (χ2v) is 7.65. The van der Waals surface area contributed by atoms with Crippen molar-refractivity contribution in [2.24, 2.45) is 0 Å². The number of carbonyl (C=O) groups is 2. The smallest absolute Gasteiger partial charge is 0.308 e. The van der Waals surface area contributed by atoms with Crippen LogP contribution in [-0.4, -0.2) is 11.9 Å². The van der Waals surface area contributed by atoms with Crippen molar-refractivity contribution in [2.75, 3.05) is 0 Å². The lowest BCUT2D eigenvalue weighted by atomic mass is 9.96. The predicted octanol–water partition coefficient (Wildman–Crippen LogP) is 6.45. The summed E-state index contributed by atoms with van der Waals surface area (Å²) < 4.78 is 17.6. The highest BCUT2D eigenvalue weighted by atomic mass is 16.6. The first-order valence-corrected chi connectivity index (χ1v) is 10.9. The van der Waals surface area contributed by atoms with Gasteiger partial charge in [0.1, 0.15) is 12.4 Å². The van der Waals surface area contributed by atoms with Gasteiger partial charge in [-0.1, -0.05) is 91.0 Å². The molecule has 0 aromatic heterocycles. The quantitative estimate of drug-likeness (QED) is 0.238. The number of hydrogen-bond donors (Lipinski definition) is 0. The second-order valence-electron chi connectivity index (χ2n) is 7.65. The van der Waals surface area contributed by atoms with E-state index >= 15 is 0 Å². The summed E-state index contributed by atoms with van der Waals surface area (Å²) in [6, 6.07) is 30.5. The van der Waals surface area contributed by atoms with E-state index in [-0.39, 0.29) is 11.5 Å². The fourth-order valence-corrected chi connectivity index (χ4v) is 3.66. The molecule has 4 aromatic carbocycles. The lowest BCUT2D eigenvalue weighted by molar-refractivity contribution is -0.134. The van der Waals surface area contributed by atoms with Crippen molar-refractivity contribution in [2.45, 2.75) is 20.5 Å². The summed E-state index contributed by atoms with van der Waals surface area (Å²) in [5.74, 6) is -0.258. The van der Waals surface area contributed by atoms with E-state index in [0.29, 0.717) is 23.5 Å². The van der Waals surface area contributed by atoms with E-state index in [1.54, 1.807) is 0 Å². The fourth-order valence-electron chi connectivity index (χ4n) is 3.66. The normalized spacial score (nSPS) is 10.4. The third kappa shape index (κ3) is 5.33. The first-order valence-electron chi connectivity index (χ1n) is 10.9. The van der Waals surface area contributed by atoms with Gasteiger partial charge in [0, 0.05) is 19.4 Å². The highest BCUT2D eigenvalue weighted by molar-refractivity contribution is 5.91. The minimum atomic E-state index is -0.537. The Balaban J connectivity index is 1.99. The first-order chi connectivity index (χ1) is 16.5. The van der Waals surface area contributed by atoms with Gasteiger partial charge < -0.3 is 14.2 Å². The van der Waals surface area contributed by atoms with Crippen LogP contribution in [0.25, 0.3) is 22.3 Å². The Labute approximate surface area is 198 Å².